The fourth-order valence-electron chi connectivity index (χ4n) is 1.21. The number of hydrogen-bond donors (Lipinski definition) is 2. The summed E-state index contributed by atoms with van der Waals surface area (Å²) in [6.45, 7) is 0. The van der Waals surface area contributed by atoms with E-state index < -0.39 is 0 Å². The fourth-order valence-corrected chi connectivity index (χ4v) is 1.37. The van der Waals surface area contributed by atoms with Gasteiger partial charge in [-0.25, -0.2) is 0 Å². The van der Waals surface area contributed by atoms with E-state index in [1.807, 2.05) is 6.07 Å². The molecule has 1 N–H and O–H groups in total. The Morgan fingerprint density at radius 1 is 1.31 bits per heavy atom. The molecule has 0 radical (unpaired) electrons. The summed E-state index contributed by atoms with van der Waals surface area (Å²) in [6, 6.07) is 6.76. The third-order valence-corrected chi connectivity index (χ3v) is 2.00. The highest BCUT2D eigenvalue weighted by molar-refractivity contribution is 7.75. The second-order valence-corrected chi connectivity index (χ2v) is 2.76. The number of phenols is 1. The second-order valence-electron chi connectivity index (χ2n) is 2.57. The summed E-state index contributed by atoms with van der Waals surface area (Å²) in [5, 5.41) is 10.2. The summed E-state index contributed by atoms with van der Waals surface area (Å²) in [7, 11) is 0. The Morgan fingerprint density at radius 3 is 2.92 bits per heavy atom. The third-order valence-electron chi connectivity index (χ3n) is 1.81. The molecule has 0 unspecified atom stereocenters. The first-order valence-electron chi connectivity index (χ1n) is 3.71. The van der Waals surface area contributed by atoms with Gasteiger partial charge in [0.25, 0.3) is 0 Å². The van der Waals surface area contributed by atoms with Crippen LogP contribution in [0.3, 0.4) is 0 Å². The Hall–Kier alpha value is -1.42. The Balaban J connectivity index is 2.84. The maximum Gasteiger partial charge on any atom is 0.146 e. The van der Waals surface area contributed by atoms with Crippen LogP contribution < -0.4 is 4.18 Å². The van der Waals surface area contributed by atoms with Crippen LogP contribution in [0.2, 0.25) is 0 Å². The average Bonchev–Trinajstić information content (AvgIpc) is 2.19. The van der Waals surface area contributed by atoms with Gasteiger partial charge >= 0.3 is 0 Å². The molecule has 13 heavy (non-hydrogen) atoms. The average molecular weight is 193 g/mol. The lowest BCUT2D eigenvalue weighted by Crippen LogP contribution is -1.82. The van der Waals surface area contributed by atoms with Crippen LogP contribution in [0.25, 0.3) is 10.9 Å². The normalized spacial score (nSPS) is 10.2. The van der Waals surface area contributed by atoms with Gasteiger partial charge in [0.15, 0.2) is 0 Å². The SMILES string of the molecule is Oc1ccc(OS)c2cccnc12. The Kier molecular flexibility index (Phi) is 1.98. The molecule has 1 aromatic carbocycles. The van der Waals surface area contributed by atoms with Crippen molar-refractivity contribution in [3.05, 3.63) is 30.5 Å². The van der Waals surface area contributed by atoms with Crippen molar-refractivity contribution in [1.82, 2.24) is 4.98 Å². The molecule has 0 amide bonds. The molecular formula is C9H7NO2S. The van der Waals surface area contributed by atoms with Gasteiger partial charge in [-0.3, -0.25) is 4.98 Å². The van der Waals surface area contributed by atoms with Crippen LogP contribution in [0.1, 0.15) is 0 Å². The Labute approximate surface area is 80.6 Å². The molecule has 0 aliphatic heterocycles. The van der Waals surface area contributed by atoms with Gasteiger partial charge in [0, 0.05) is 24.5 Å². The van der Waals surface area contributed by atoms with Crippen LogP contribution in [0, 0.1) is 0 Å². The molecule has 4 heteroatoms. The molecule has 0 aliphatic rings. The number of phenolic OH excluding ortho intramolecular Hbond substituents is 1. The highest BCUT2D eigenvalue weighted by Gasteiger charge is 2.05. The maximum atomic E-state index is 9.45. The van der Waals surface area contributed by atoms with Crippen molar-refractivity contribution < 1.29 is 9.29 Å². The third kappa shape index (κ3) is 1.29. The number of aromatic hydroxyl groups is 1. The van der Waals surface area contributed by atoms with Gasteiger partial charge in [-0.2, -0.15) is 0 Å². The van der Waals surface area contributed by atoms with E-state index in [4.69, 9.17) is 4.18 Å². The molecule has 0 spiro atoms. The van der Waals surface area contributed by atoms with Gasteiger partial charge in [0.05, 0.1) is 0 Å². The molecule has 0 fully saturated rings. The van der Waals surface area contributed by atoms with Crippen LogP contribution >= 0.6 is 12.9 Å². The van der Waals surface area contributed by atoms with Gasteiger partial charge in [0.2, 0.25) is 0 Å². The van der Waals surface area contributed by atoms with E-state index in [0.717, 1.165) is 5.39 Å². The standard InChI is InChI=1S/C9H7NO2S/c11-7-3-4-8(12-13)6-2-1-5-10-9(6)7/h1-5,11,13H. The molecule has 1 aromatic heterocycles. The van der Waals surface area contributed by atoms with Gasteiger partial charge in [-0.1, -0.05) is 0 Å². The van der Waals surface area contributed by atoms with E-state index in [-0.39, 0.29) is 5.75 Å². The van der Waals surface area contributed by atoms with Gasteiger partial charge in [-0.15, -0.1) is 0 Å². The highest BCUT2D eigenvalue weighted by Crippen LogP contribution is 2.30. The molecule has 66 valence electrons. The molecule has 0 saturated carbocycles. The summed E-state index contributed by atoms with van der Waals surface area (Å²) in [5.41, 5.74) is 0.522. The molecule has 0 bridgehead atoms. The molecular weight excluding hydrogens is 186 g/mol. The zero-order valence-electron chi connectivity index (χ0n) is 6.64. The lowest BCUT2D eigenvalue weighted by molar-refractivity contribution is 0.479. The zero-order chi connectivity index (χ0) is 9.26. The first-order chi connectivity index (χ1) is 6.33. The predicted octanol–water partition coefficient (Wildman–Crippen LogP) is 2.16. The van der Waals surface area contributed by atoms with Crippen LogP contribution in [-0.2, 0) is 0 Å². The van der Waals surface area contributed by atoms with Gasteiger partial charge in [-0.05, 0) is 24.3 Å². The van der Waals surface area contributed by atoms with E-state index >= 15 is 0 Å². The number of benzene rings is 1. The first kappa shape index (κ1) is 8.19. The number of hydrogen-bond acceptors (Lipinski definition) is 4. The fraction of sp³-hybridized carbons (Fsp3) is 0. The molecule has 2 rings (SSSR count). The molecule has 0 aliphatic carbocycles. The number of thiol groups is 1. The minimum absolute atomic E-state index is 0.143. The summed E-state index contributed by atoms with van der Waals surface area (Å²) in [4.78, 5) is 4.03. The zero-order valence-corrected chi connectivity index (χ0v) is 7.53. The highest BCUT2D eigenvalue weighted by atomic mass is 32.1. The number of aromatic nitrogens is 1. The van der Waals surface area contributed by atoms with Crippen molar-refractivity contribution in [3.8, 4) is 11.5 Å². The second kappa shape index (κ2) is 3.14. The molecule has 1 heterocycles. The molecule has 0 atom stereocenters. The van der Waals surface area contributed by atoms with Crippen molar-refractivity contribution in [2.24, 2.45) is 0 Å². The smallest absolute Gasteiger partial charge is 0.146 e. The summed E-state index contributed by atoms with van der Waals surface area (Å²) in [5.74, 6) is 0.731. The van der Waals surface area contributed by atoms with E-state index in [1.54, 1.807) is 18.3 Å². The first-order valence-corrected chi connectivity index (χ1v) is 4.07. The van der Waals surface area contributed by atoms with Crippen molar-refractivity contribution in [3.63, 3.8) is 0 Å². The van der Waals surface area contributed by atoms with Crippen LogP contribution in [0.4, 0.5) is 0 Å². The Bertz CT molecular complexity index is 445. The predicted molar refractivity (Wildman–Crippen MR) is 53.0 cm³/mol. The summed E-state index contributed by atoms with van der Waals surface area (Å²) >= 11 is 3.71. The van der Waals surface area contributed by atoms with E-state index in [1.165, 1.54) is 6.07 Å². The summed E-state index contributed by atoms with van der Waals surface area (Å²) < 4.78 is 4.83. The van der Waals surface area contributed by atoms with Crippen molar-refractivity contribution in [2.45, 2.75) is 0 Å². The van der Waals surface area contributed by atoms with Gasteiger partial charge in [0.1, 0.15) is 17.0 Å². The lowest BCUT2D eigenvalue weighted by Gasteiger charge is -2.03. The Morgan fingerprint density at radius 2 is 2.15 bits per heavy atom. The van der Waals surface area contributed by atoms with E-state index in [9.17, 15) is 5.11 Å². The van der Waals surface area contributed by atoms with Gasteiger partial charge < -0.3 is 9.29 Å². The van der Waals surface area contributed by atoms with Crippen molar-refractivity contribution in [2.75, 3.05) is 0 Å². The minimum atomic E-state index is 0.143. The van der Waals surface area contributed by atoms with Crippen LogP contribution in [0.5, 0.6) is 11.5 Å². The van der Waals surface area contributed by atoms with Crippen LogP contribution in [-0.4, -0.2) is 10.1 Å². The number of rotatable bonds is 1. The topological polar surface area (TPSA) is 42.4 Å². The largest absolute Gasteiger partial charge is 0.506 e. The van der Waals surface area contributed by atoms with Crippen molar-refractivity contribution in [1.29, 1.82) is 0 Å². The monoisotopic (exact) mass is 193 g/mol. The number of pyridine rings is 1. The van der Waals surface area contributed by atoms with E-state index in [2.05, 4.69) is 17.9 Å². The minimum Gasteiger partial charge on any atom is -0.506 e. The van der Waals surface area contributed by atoms with E-state index in [0.29, 0.717) is 11.3 Å². The molecule has 0 saturated heterocycles. The van der Waals surface area contributed by atoms with Crippen LogP contribution in [0.15, 0.2) is 30.5 Å². The maximum absolute atomic E-state index is 9.45. The number of fused-ring (bicyclic) bond motifs is 1. The molecule has 2 aromatic rings. The summed E-state index contributed by atoms with van der Waals surface area (Å²) in [6.07, 6.45) is 1.62. The number of nitrogens with zero attached hydrogens (tertiary/aromatic N) is 1. The lowest BCUT2D eigenvalue weighted by atomic mass is 10.2. The molecule has 3 nitrogen and oxygen atoms in total. The van der Waals surface area contributed by atoms with Crippen molar-refractivity contribution >= 4 is 23.8 Å². The quantitative estimate of drug-likeness (QED) is 0.538.